The quantitative estimate of drug-likeness (QED) is 0.659. The van der Waals surface area contributed by atoms with E-state index in [1.165, 1.54) is 0 Å². The highest BCUT2D eigenvalue weighted by atomic mass is 16.2. The zero-order valence-electron chi connectivity index (χ0n) is 8.84. The Morgan fingerprint density at radius 1 is 1.73 bits per heavy atom. The van der Waals surface area contributed by atoms with Gasteiger partial charge in [0.05, 0.1) is 12.2 Å². The summed E-state index contributed by atoms with van der Waals surface area (Å²) in [6.07, 6.45) is 3.77. The van der Waals surface area contributed by atoms with E-state index < -0.39 is 0 Å². The molecule has 82 valence electrons. The van der Waals surface area contributed by atoms with Gasteiger partial charge in [-0.25, -0.2) is 0 Å². The van der Waals surface area contributed by atoms with E-state index >= 15 is 0 Å². The summed E-state index contributed by atoms with van der Waals surface area (Å²) in [4.78, 5) is 11.6. The van der Waals surface area contributed by atoms with Gasteiger partial charge in [-0.3, -0.25) is 9.89 Å². The normalized spacial score (nSPS) is 20.5. The van der Waals surface area contributed by atoms with Gasteiger partial charge in [0.25, 0.3) is 0 Å². The number of aromatic amines is 1. The lowest BCUT2D eigenvalue weighted by Crippen LogP contribution is -2.40. The molecule has 1 aromatic heterocycles. The number of nitrogens with one attached hydrogen (secondary N) is 3. The van der Waals surface area contributed by atoms with Crippen LogP contribution >= 0.6 is 0 Å². The SMILES string of the molecule is Cc1[nH]ncc1CNC(=O)[C@H]1CCCN1. The third-order valence-corrected chi connectivity index (χ3v) is 2.76. The van der Waals surface area contributed by atoms with Gasteiger partial charge in [-0.2, -0.15) is 5.10 Å². The maximum absolute atomic E-state index is 11.6. The van der Waals surface area contributed by atoms with Gasteiger partial charge in [0.15, 0.2) is 0 Å². The molecule has 0 aliphatic carbocycles. The second-order valence-corrected chi connectivity index (χ2v) is 3.89. The van der Waals surface area contributed by atoms with Crippen LogP contribution in [-0.4, -0.2) is 28.7 Å². The zero-order chi connectivity index (χ0) is 10.7. The lowest BCUT2D eigenvalue weighted by atomic mass is 10.2. The van der Waals surface area contributed by atoms with Gasteiger partial charge in [0.1, 0.15) is 0 Å². The number of carbonyl (C=O) groups excluding carboxylic acids is 1. The van der Waals surface area contributed by atoms with Crippen molar-refractivity contribution < 1.29 is 4.79 Å². The van der Waals surface area contributed by atoms with Crippen LogP contribution in [-0.2, 0) is 11.3 Å². The molecule has 1 aliphatic heterocycles. The van der Waals surface area contributed by atoms with Crippen LogP contribution < -0.4 is 10.6 Å². The number of hydrogen-bond donors (Lipinski definition) is 3. The number of aromatic nitrogens is 2. The maximum atomic E-state index is 11.6. The van der Waals surface area contributed by atoms with Crippen LogP contribution in [0.15, 0.2) is 6.20 Å². The van der Waals surface area contributed by atoms with Crippen LogP contribution in [0.25, 0.3) is 0 Å². The topological polar surface area (TPSA) is 69.8 Å². The van der Waals surface area contributed by atoms with E-state index in [1.54, 1.807) is 6.20 Å². The number of H-pyrrole nitrogens is 1. The Hall–Kier alpha value is -1.36. The van der Waals surface area contributed by atoms with Gasteiger partial charge in [0.2, 0.25) is 5.91 Å². The molecule has 1 saturated heterocycles. The molecule has 15 heavy (non-hydrogen) atoms. The molecule has 1 aliphatic rings. The minimum Gasteiger partial charge on any atom is -0.351 e. The van der Waals surface area contributed by atoms with Gasteiger partial charge in [-0.05, 0) is 26.3 Å². The van der Waals surface area contributed by atoms with E-state index in [-0.39, 0.29) is 11.9 Å². The number of nitrogens with zero attached hydrogens (tertiary/aromatic N) is 1. The Labute approximate surface area is 88.6 Å². The fraction of sp³-hybridized carbons (Fsp3) is 0.600. The molecule has 0 bridgehead atoms. The summed E-state index contributed by atoms with van der Waals surface area (Å²) in [6.45, 7) is 3.45. The molecule has 0 radical (unpaired) electrons. The van der Waals surface area contributed by atoms with Gasteiger partial charge in [-0.15, -0.1) is 0 Å². The van der Waals surface area contributed by atoms with Gasteiger partial charge in [0, 0.05) is 17.8 Å². The fourth-order valence-corrected chi connectivity index (χ4v) is 1.77. The first-order valence-electron chi connectivity index (χ1n) is 5.27. The number of hydrogen-bond acceptors (Lipinski definition) is 3. The van der Waals surface area contributed by atoms with Crippen molar-refractivity contribution in [1.29, 1.82) is 0 Å². The lowest BCUT2D eigenvalue weighted by molar-refractivity contribution is -0.122. The standard InChI is InChI=1S/C10H16N4O/c1-7-8(6-13-14-7)5-12-10(15)9-3-2-4-11-9/h6,9,11H,2-5H2,1H3,(H,12,15)(H,13,14)/t9-/m1/s1. The third-order valence-electron chi connectivity index (χ3n) is 2.76. The van der Waals surface area contributed by atoms with Crippen LogP contribution in [0.3, 0.4) is 0 Å². The summed E-state index contributed by atoms with van der Waals surface area (Å²) in [7, 11) is 0. The van der Waals surface area contributed by atoms with E-state index in [4.69, 9.17) is 0 Å². The first-order chi connectivity index (χ1) is 7.27. The summed E-state index contributed by atoms with van der Waals surface area (Å²) in [5.74, 6) is 0.0908. The summed E-state index contributed by atoms with van der Waals surface area (Å²) < 4.78 is 0. The molecule has 2 heterocycles. The highest BCUT2D eigenvalue weighted by Gasteiger charge is 2.21. The molecule has 1 fully saturated rings. The molecule has 1 atom stereocenters. The molecule has 1 aromatic rings. The first-order valence-corrected chi connectivity index (χ1v) is 5.27. The number of amides is 1. The Kier molecular flexibility index (Phi) is 3.01. The van der Waals surface area contributed by atoms with Crippen molar-refractivity contribution in [1.82, 2.24) is 20.8 Å². The number of rotatable bonds is 3. The number of aryl methyl sites for hydroxylation is 1. The van der Waals surface area contributed by atoms with E-state index in [1.807, 2.05) is 6.92 Å². The van der Waals surface area contributed by atoms with Crippen LogP contribution in [0.1, 0.15) is 24.1 Å². The summed E-state index contributed by atoms with van der Waals surface area (Å²) in [6, 6.07) is -0.00259. The summed E-state index contributed by atoms with van der Waals surface area (Å²) in [5.41, 5.74) is 2.05. The van der Waals surface area contributed by atoms with Gasteiger partial charge in [-0.1, -0.05) is 0 Å². The first kappa shape index (κ1) is 10.2. The molecule has 3 N–H and O–H groups in total. The van der Waals surface area contributed by atoms with E-state index in [0.717, 1.165) is 30.6 Å². The molecule has 2 rings (SSSR count). The van der Waals surface area contributed by atoms with Crippen LogP contribution in [0, 0.1) is 6.92 Å². The van der Waals surface area contributed by atoms with Gasteiger partial charge < -0.3 is 10.6 Å². The Bertz CT molecular complexity index is 341. The summed E-state index contributed by atoms with van der Waals surface area (Å²) >= 11 is 0. The van der Waals surface area contributed by atoms with Crippen LogP contribution in [0.2, 0.25) is 0 Å². The molecular formula is C10H16N4O. The summed E-state index contributed by atoms with van der Waals surface area (Å²) in [5, 5.41) is 12.8. The molecule has 0 unspecified atom stereocenters. The molecule has 1 amide bonds. The van der Waals surface area contributed by atoms with Crippen molar-refractivity contribution >= 4 is 5.91 Å². The molecular weight excluding hydrogens is 192 g/mol. The maximum Gasteiger partial charge on any atom is 0.237 e. The zero-order valence-corrected chi connectivity index (χ0v) is 8.84. The van der Waals surface area contributed by atoms with Crippen molar-refractivity contribution in [3.63, 3.8) is 0 Å². The van der Waals surface area contributed by atoms with Crippen LogP contribution in [0.5, 0.6) is 0 Å². The Morgan fingerprint density at radius 3 is 3.20 bits per heavy atom. The second kappa shape index (κ2) is 4.44. The number of carbonyl (C=O) groups is 1. The van der Waals surface area contributed by atoms with Crippen molar-refractivity contribution in [2.24, 2.45) is 0 Å². The average molecular weight is 208 g/mol. The predicted molar refractivity (Wildman–Crippen MR) is 56.2 cm³/mol. The largest absolute Gasteiger partial charge is 0.351 e. The van der Waals surface area contributed by atoms with E-state index in [9.17, 15) is 4.79 Å². The smallest absolute Gasteiger partial charge is 0.237 e. The third kappa shape index (κ3) is 2.36. The Morgan fingerprint density at radius 2 is 2.60 bits per heavy atom. The minimum atomic E-state index is -0.00259. The van der Waals surface area contributed by atoms with Crippen molar-refractivity contribution in [2.45, 2.75) is 32.4 Å². The lowest BCUT2D eigenvalue weighted by Gasteiger charge is -2.10. The highest BCUT2D eigenvalue weighted by Crippen LogP contribution is 2.06. The fourth-order valence-electron chi connectivity index (χ4n) is 1.77. The highest BCUT2D eigenvalue weighted by molar-refractivity contribution is 5.81. The minimum absolute atomic E-state index is 0.00259. The second-order valence-electron chi connectivity index (χ2n) is 3.89. The van der Waals surface area contributed by atoms with Gasteiger partial charge >= 0.3 is 0 Å². The van der Waals surface area contributed by atoms with Crippen molar-refractivity contribution in [3.05, 3.63) is 17.5 Å². The Balaban J connectivity index is 1.83. The average Bonchev–Trinajstić information content (AvgIpc) is 2.85. The monoisotopic (exact) mass is 208 g/mol. The molecule has 5 heteroatoms. The van der Waals surface area contributed by atoms with Crippen LogP contribution in [0.4, 0.5) is 0 Å². The predicted octanol–water partition coefficient (Wildman–Crippen LogP) is 0.0863. The van der Waals surface area contributed by atoms with Crippen molar-refractivity contribution in [3.8, 4) is 0 Å². The molecule has 5 nitrogen and oxygen atoms in total. The van der Waals surface area contributed by atoms with E-state index in [0.29, 0.717) is 6.54 Å². The molecule has 0 spiro atoms. The van der Waals surface area contributed by atoms with E-state index in [2.05, 4.69) is 20.8 Å². The molecule has 0 aromatic carbocycles. The molecule has 0 saturated carbocycles. The van der Waals surface area contributed by atoms with Crippen molar-refractivity contribution in [2.75, 3.05) is 6.54 Å².